The van der Waals surface area contributed by atoms with Gasteiger partial charge in [-0.2, -0.15) is 0 Å². The zero-order chi connectivity index (χ0) is 64.3. The molecule has 1 aromatic heterocycles. The van der Waals surface area contributed by atoms with Crippen molar-refractivity contribution >= 4 is 18.3 Å². The third-order valence-corrected chi connectivity index (χ3v) is 15.2. The van der Waals surface area contributed by atoms with E-state index in [4.69, 9.17) is 42.6 Å². The second-order valence-electron chi connectivity index (χ2n) is 27.5. The number of unbranched alkanes of at least 4 members (excludes halogenated alkanes) is 9. The normalized spacial score (nSPS) is 21.3. The van der Waals surface area contributed by atoms with E-state index in [1.165, 1.54) is 13.7 Å². The summed E-state index contributed by atoms with van der Waals surface area (Å²) in [5, 5.41) is 8.59. The van der Waals surface area contributed by atoms with Crippen molar-refractivity contribution in [1.82, 2.24) is 44.4 Å². The van der Waals surface area contributed by atoms with Crippen LogP contribution in [0.1, 0.15) is 181 Å². The van der Waals surface area contributed by atoms with Gasteiger partial charge in [-0.3, -0.25) is 14.7 Å². The number of carbonyl (C=O) groups is 3. The highest BCUT2D eigenvalue weighted by atomic mass is 16.6. The number of alkyl carbamates (subject to hydrolysis) is 3. The van der Waals surface area contributed by atoms with Gasteiger partial charge in [-0.1, -0.05) is 38.5 Å². The Morgan fingerprint density at radius 1 is 0.402 bits per heavy atom. The van der Waals surface area contributed by atoms with Crippen molar-refractivity contribution in [3.8, 4) is 0 Å². The van der Waals surface area contributed by atoms with Gasteiger partial charge in [-0.25, -0.2) is 42.5 Å². The summed E-state index contributed by atoms with van der Waals surface area (Å²) in [6.45, 7) is 38.4. The highest BCUT2D eigenvalue weighted by Crippen LogP contribution is 2.21. The van der Waals surface area contributed by atoms with E-state index in [-0.39, 0.29) is 74.6 Å². The van der Waals surface area contributed by atoms with E-state index < -0.39 is 53.7 Å². The Hall–Kier alpha value is -4.14. The van der Waals surface area contributed by atoms with Crippen LogP contribution in [0.5, 0.6) is 0 Å². The summed E-state index contributed by atoms with van der Waals surface area (Å²) < 4.78 is 56.5. The number of hydrogen-bond acceptors (Lipinski definition) is 18. The smallest absolute Gasteiger partial charge is 0.407 e. The molecular formula is C63H117N9O15. The second-order valence-corrected chi connectivity index (χ2v) is 27.5. The lowest BCUT2D eigenvalue weighted by molar-refractivity contribution is -0.0830. The maximum Gasteiger partial charge on any atom is 0.407 e. The van der Waals surface area contributed by atoms with E-state index in [0.717, 1.165) is 38.9 Å². The van der Waals surface area contributed by atoms with Gasteiger partial charge in [0.05, 0.1) is 74.8 Å². The number of carbonyl (C=O) groups excluding carboxylic acids is 3. The molecule has 3 aliphatic heterocycles. The van der Waals surface area contributed by atoms with Gasteiger partial charge in [-0.15, -0.1) is 0 Å². The standard InChI is InChI=1S/C63H117N9O15/c1-46-34-67(46)37-52(43-79-49(4)40-82-61(7,8)9)85-55(73)64-28-22-16-19-25-31-70-58(76)71(32-26-20-17-23-29-65-56(74)86-53(38-68-35-47(68)2)44-80-50(5)41-83-62(10,11)12)60(78)72(59(70)77)33-27-21-18-24-30-66-57(75)87-54(39-69-36-48(69)3)45-81-51(6)42-84-63(13,14)15/h46-54H,16-45H2,1-15H3,(H,64,73)(H,65,74)(H,66,75). The van der Waals surface area contributed by atoms with E-state index in [2.05, 4.69) is 51.4 Å². The van der Waals surface area contributed by atoms with Crippen LogP contribution in [0.4, 0.5) is 14.4 Å². The molecule has 24 heteroatoms. The van der Waals surface area contributed by atoms with Crippen molar-refractivity contribution in [2.45, 2.75) is 272 Å². The van der Waals surface area contributed by atoms with Crippen molar-refractivity contribution in [1.29, 1.82) is 0 Å². The van der Waals surface area contributed by atoms with Crippen molar-refractivity contribution in [2.24, 2.45) is 0 Å². The largest absolute Gasteiger partial charge is 0.442 e. The van der Waals surface area contributed by atoms with Crippen LogP contribution in [0.25, 0.3) is 0 Å². The molecule has 12 atom stereocenters. The molecule has 87 heavy (non-hydrogen) atoms. The van der Waals surface area contributed by atoms with Crippen molar-refractivity contribution in [2.75, 3.05) is 98.5 Å². The van der Waals surface area contributed by atoms with Crippen molar-refractivity contribution in [3.63, 3.8) is 0 Å². The van der Waals surface area contributed by atoms with E-state index in [9.17, 15) is 28.8 Å². The van der Waals surface area contributed by atoms with Crippen LogP contribution in [0, 0.1) is 0 Å². The van der Waals surface area contributed by atoms with Gasteiger partial charge in [0.1, 0.15) is 18.3 Å². The predicted octanol–water partition coefficient (Wildman–Crippen LogP) is 6.91. The summed E-state index contributed by atoms with van der Waals surface area (Å²) >= 11 is 0. The zero-order valence-corrected chi connectivity index (χ0v) is 56.2. The van der Waals surface area contributed by atoms with E-state index in [0.29, 0.717) is 135 Å². The summed E-state index contributed by atoms with van der Waals surface area (Å²) in [6.07, 6.45) is 4.42. The molecule has 3 aliphatic rings. The lowest BCUT2D eigenvalue weighted by Gasteiger charge is -2.24. The van der Waals surface area contributed by atoms with Gasteiger partial charge in [0.15, 0.2) is 0 Å². The number of nitrogens with zero attached hydrogens (tertiary/aromatic N) is 6. The third-order valence-electron chi connectivity index (χ3n) is 15.2. The SMILES string of the molecule is CC(COC(C)(C)C)OCC(CN1CC1C)OC(=O)NCCCCCCn1c(=O)n(CCCCCCNC(=O)OC(COC(C)COC(C)(C)C)CN2CC2C)c(=O)n(CCCCCCNC(=O)OC(COC(C)COC(C)(C)C)CN2CC2C)c1=O. The molecule has 24 nitrogen and oxygen atoms in total. The van der Waals surface area contributed by atoms with Gasteiger partial charge in [0.2, 0.25) is 0 Å². The average Bonchev–Trinajstić information content (AvgIpc) is 1.89. The first-order valence-corrected chi connectivity index (χ1v) is 32.7. The highest BCUT2D eigenvalue weighted by molar-refractivity contribution is 5.68. The summed E-state index contributed by atoms with van der Waals surface area (Å²) in [5.74, 6) is 0. The minimum atomic E-state index is -0.632. The summed E-state index contributed by atoms with van der Waals surface area (Å²) in [4.78, 5) is 87.3. The number of aromatic nitrogens is 3. The zero-order valence-electron chi connectivity index (χ0n) is 56.2. The molecule has 3 amide bonds. The van der Waals surface area contributed by atoms with Crippen LogP contribution < -0.4 is 33.0 Å². The third kappa shape index (κ3) is 33.5. The van der Waals surface area contributed by atoms with Crippen LogP contribution in [-0.2, 0) is 62.3 Å². The second kappa shape index (κ2) is 37.9. The topological polar surface area (TPSA) is 245 Å². The molecule has 1 aromatic rings. The Morgan fingerprint density at radius 2 is 0.632 bits per heavy atom. The van der Waals surface area contributed by atoms with Gasteiger partial charge < -0.3 is 58.6 Å². The van der Waals surface area contributed by atoms with Crippen molar-refractivity contribution in [3.05, 3.63) is 31.5 Å². The molecule has 4 heterocycles. The quantitative estimate of drug-likeness (QED) is 0.0341. The molecule has 0 aromatic carbocycles. The number of rotatable bonds is 45. The van der Waals surface area contributed by atoms with Gasteiger partial charge in [-0.05, 0) is 142 Å². The fraction of sp³-hybridized carbons (Fsp3) is 0.905. The van der Waals surface area contributed by atoms with Crippen LogP contribution in [-0.4, -0.2) is 217 Å². The highest BCUT2D eigenvalue weighted by Gasteiger charge is 2.35. The maximum absolute atomic E-state index is 14.0. The van der Waals surface area contributed by atoms with E-state index >= 15 is 0 Å². The Bertz CT molecular complexity index is 2070. The number of nitrogens with one attached hydrogen (secondary N) is 3. The molecular weight excluding hydrogens is 1120 g/mol. The molecule has 4 rings (SSSR count). The maximum atomic E-state index is 14.0. The van der Waals surface area contributed by atoms with Crippen LogP contribution in [0.15, 0.2) is 14.4 Å². The Balaban J connectivity index is 1.26. The number of hydrogen-bond donors (Lipinski definition) is 3. The number of ether oxygens (including phenoxy) is 9. The first kappa shape index (κ1) is 75.3. The van der Waals surface area contributed by atoms with E-state index in [1.807, 2.05) is 83.1 Å². The molecule has 3 saturated heterocycles. The average molecular weight is 1240 g/mol. The Morgan fingerprint density at radius 3 is 0.851 bits per heavy atom. The summed E-state index contributed by atoms with van der Waals surface area (Å²) in [7, 11) is 0. The monoisotopic (exact) mass is 1240 g/mol. The molecule has 3 fully saturated rings. The Kier molecular flexibility index (Phi) is 32.8. The lowest BCUT2D eigenvalue weighted by atomic mass is 10.2. The molecule has 0 radical (unpaired) electrons. The Labute approximate surface area is 520 Å². The van der Waals surface area contributed by atoms with Gasteiger partial charge >= 0.3 is 35.3 Å². The lowest BCUT2D eigenvalue weighted by Crippen LogP contribution is -2.54. The molecule has 0 saturated carbocycles. The van der Waals surface area contributed by atoms with Crippen LogP contribution in [0.2, 0.25) is 0 Å². The first-order valence-electron chi connectivity index (χ1n) is 32.7. The fourth-order valence-corrected chi connectivity index (χ4v) is 9.51. The first-order chi connectivity index (χ1) is 41.0. The number of amides is 3. The minimum absolute atomic E-state index is 0.135. The van der Waals surface area contributed by atoms with Crippen molar-refractivity contribution < 1.29 is 57.0 Å². The van der Waals surface area contributed by atoms with Gasteiger partial charge in [0, 0.05) is 96.7 Å². The predicted molar refractivity (Wildman–Crippen MR) is 336 cm³/mol. The molecule has 504 valence electrons. The minimum Gasteiger partial charge on any atom is -0.442 e. The summed E-state index contributed by atoms with van der Waals surface area (Å²) in [5.41, 5.74) is -2.75. The molecule has 12 unspecified atom stereocenters. The van der Waals surface area contributed by atoms with Gasteiger partial charge in [0.25, 0.3) is 0 Å². The van der Waals surface area contributed by atoms with E-state index in [1.54, 1.807) is 0 Å². The molecule has 0 bridgehead atoms. The van der Waals surface area contributed by atoms with Crippen LogP contribution in [0.3, 0.4) is 0 Å². The molecule has 0 spiro atoms. The fourth-order valence-electron chi connectivity index (χ4n) is 9.51. The van der Waals surface area contributed by atoms with Crippen LogP contribution >= 0.6 is 0 Å². The molecule has 0 aliphatic carbocycles. The molecule has 3 N–H and O–H groups in total. The summed E-state index contributed by atoms with van der Waals surface area (Å²) in [6, 6.07) is 1.33.